The van der Waals surface area contributed by atoms with Crippen molar-refractivity contribution in [2.75, 3.05) is 11.1 Å². The second-order valence-corrected chi connectivity index (χ2v) is 4.55. The highest BCUT2D eigenvalue weighted by Crippen LogP contribution is 2.21. The summed E-state index contributed by atoms with van der Waals surface area (Å²) in [7, 11) is 0. The average Bonchev–Trinajstić information content (AvgIpc) is 2.33. The molecular formula is C15H16N2O2. The summed E-state index contributed by atoms with van der Waals surface area (Å²) in [6, 6.07) is 10.2. The van der Waals surface area contributed by atoms with Crippen molar-refractivity contribution in [2.24, 2.45) is 0 Å². The van der Waals surface area contributed by atoms with Crippen LogP contribution < -0.4 is 11.1 Å². The maximum atomic E-state index is 12.0. The number of phenols is 1. The number of aromatic hydroxyl groups is 1. The van der Waals surface area contributed by atoms with Crippen LogP contribution in [-0.4, -0.2) is 11.0 Å². The van der Waals surface area contributed by atoms with Gasteiger partial charge in [-0.3, -0.25) is 4.79 Å². The minimum absolute atomic E-state index is 0.0300. The lowest BCUT2D eigenvalue weighted by atomic mass is 10.1. The van der Waals surface area contributed by atoms with E-state index in [9.17, 15) is 9.90 Å². The van der Waals surface area contributed by atoms with Gasteiger partial charge in [0.25, 0.3) is 5.91 Å². The molecule has 0 fully saturated rings. The number of benzene rings is 2. The number of carbonyl (C=O) groups excluding carboxylic acids is 1. The topological polar surface area (TPSA) is 75.4 Å². The molecule has 0 aliphatic carbocycles. The predicted molar refractivity (Wildman–Crippen MR) is 76.4 cm³/mol. The molecule has 0 unspecified atom stereocenters. The molecule has 0 radical (unpaired) electrons. The lowest BCUT2D eigenvalue weighted by Gasteiger charge is -2.09. The summed E-state index contributed by atoms with van der Waals surface area (Å²) >= 11 is 0. The van der Waals surface area contributed by atoms with E-state index in [0.29, 0.717) is 11.4 Å². The van der Waals surface area contributed by atoms with E-state index in [1.54, 1.807) is 30.3 Å². The molecule has 4 heteroatoms. The predicted octanol–water partition coefficient (Wildman–Crippen LogP) is 2.84. The summed E-state index contributed by atoms with van der Waals surface area (Å²) in [5.74, 6) is -0.390. The van der Waals surface area contributed by atoms with Crippen molar-refractivity contribution in [3.63, 3.8) is 0 Å². The number of nitrogen functional groups attached to an aromatic ring is 1. The molecule has 0 aliphatic heterocycles. The van der Waals surface area contributed by atoms with Crippen molar-refractivity contribution in [3.8, 4) is 5.75 Å². The molecule has 0 bridgehead atoms. The number of hydrogen-bond donors (Lipinski definition) is 3. The first-order chi connectivity index (χ1) is 8.97. The molecular weight excluding hydrogens is 240 g/mol. The van der Waals surface area contributed by atoms with Gasteiger partial charge in [0.15, 0.2) is 0 Å². The second kappa shape index (κ2) is 5.02. The van der Waals surface area contributed by atoms with Crippen LogP contribution in [0.4, 0.5) is 11.4 Å². The highest BCUT2D eigenvalue weighted by atomic mass is 16.3. The van der Waals surface area contributed by atoms with E-state index in [2.05, 4.69) is 5.32 Å². The summed E-state index contributed by atoms with van der Waals surface area (Å²) in [6.07, 6.45) is 0. The highest BCUT2D eigenvalue weighted by Gasteiger charge is 2.11. The van der Waals surface area contributed by atoms with Crippen LogP contribution in [0, 0.1) is 13.8 Å². The third-order valence-corrected chi connectivity index (χ3v) is 2.93. The number of amides is 1. The molecule has 0 atom stereocenters. The van der Waals surface area contributed by atoms with E-state index >= 15 is 0 Å². The summed E-state index contributed by atoms with van der Waals surface area (Å²) < 4.78 is 0. The largest absolute Gasteiger partial charge is 0.507 e. The molecule has 0 aliphatic rings. The van der Waals surface area contributed by atoms with E-state index in [-0.39, 0.29) is 17.2 Å². The molecule has 0 aromatic heterocycles. The van der Waals surface area contributed by atoms with Crippen LogP contribution in [0.1, 0.15) is 21.5 Å². The Morgan fingerprint density at radius 3 is 2.53 bits per heavy atom. The number of carbonyl (C=O) groups is 1. The SMILES string of the molecule is Cc1ccc(C(=O)Nc2ccc(C)c(N)c2)c(O)c1. The number of rotatable bonds is 2. The number of aryl methyl sites for hydroxylation is 2. The van der Waals surface area contributed by atoms with Crippen molar-refractivity contribution in [3.05, 3.63) is 53.1 Å². The maximum Gasteiger partial charge on any atom is 0.259 e. The average molecular weight is 256 g/mol. The molecule has 0 heterocycles. The minimum Gasteiger partial charge on any atom is -0.507 e. The third kappa shape index (κ3) is 2.85. The van der Waals surface area contributed by atoms with Crippen LogP contribution in [0.3, 0.4) is 0 Å². The summed E-state index contributed by atoms with van der Waals surface area (Å²) in [5, 5.41) is 12.5. The van der Waals surface area contributed by atoms with Crippen LogP contribution in [0.15, 0.2) is 36.4 Å². The fraction of sp³-hybridized carbons (Fsp3) is 0.133. The van der Waals surface area contributed by atoms with E-state index in [0.717, 1.165) is 11.1 Å². The standard InChI is InChI=1S/C15H16N2O2/c1-9-3-6-12(14(18)7-9)15(19)17-11-5-4-10(2)13(16)8-11/h3-8,18H,16H2,1-2H3,(H,17,19). The molecule has 2 aromatic rings. The number of nitrogens with two attached hydrogens (primary N) is 1. The van der Waals surface area contributed by atoms with Crippen molar-refractivity contribution < 1.29 is 9.90 Å². The molecule has 19 heavy (non-hydrogen) atoms. The van der Waals surface area contributed by atoms with Crippen LogP contribution in [0.2, 0.25) is 0 Å². The van der Waals surface area contributed by atoms with Gasteiger partial charge in [-0.25, -0.2) is 0 Å². The smallest absolute Gasteiger partial charge is 0.259 e. The first-order valence-electron chi connectivity index (χ1n) is 5.94. The Morgan fingerprint density at radius 1 is 1.16 bits per heavy atom. The quantitative estimate of drug-likeness (QED) is 0.723. The first-order valence-corrected chi connectivity index (χ1v) is 5.94. The lowest BCUT2D eigenvalue weighted by molar-refractivity contribution is 0.102. The van der Waals surface area contributed by atoms with Gasteiger partial charge in [-0.2, -0.15) is 0 Å². The van der Waals surface area contributed by atoms with Crippen molar-refractivity contribution in [1.29, 1.82) is 0 Å². The van der Waals surface area contributed by atoms with Crippen molar-refractivity contribution >= 4 is 17.3 Å². The summed E-state index contributed by atoms with van der Waals surface area (Å²) in [5.41, 5.74) is 9.10. The van der Waals surface area contributed by atoms with Gasteiger partial charge >= 0.3 is 0 Å². The molecule has 0 spiro atoms. The van der Waals surface area contributed by atoms with Crippen LogP contribution >= 0.6 is 0 Å². The van der Waals surface area contributed by atoms with Gasteiger partial charge in [0, 0.05) is 11.4 Å². The number of phenolic OH excluding ortho intramolecular Hbond substituents is 1. The minimum atomic E-state index is -0.360. The molecule has 2 rings (SSSR count). The number of hydrogen-bond acceptors (Lipinski definition) is 3. The Labute approximate surface area is 111 Å². The van der Waals surface area contributed by atoms with E-state index in [1.807, 2.05) is 19.9 Å². The summed E-state index contributed by atoms with van der Waals surface area (Å²) in [6.45, 7) is 3.74. The van der Waals surface area contributed by atoms with E-state index < -0.39 is 0 Å². The Kier molecular flexibility index (Phi) is 3.42. The fourth-order valence-corrected chi connectivity index (χ4v) is 1.75. The van der Waals surface area contributed by atoms with Gasteiger partial charge < -0.3 is 16.2 Å². The molecule has 1 amide bonds. The van der Waals surface area contributed by atoms with Gasteiger partial charge in [-0.1, -0.05) is 12.1 Å². The van der Waals surface area contributed by atoms with Crippen LogP contribution in [-0.2, 0) is 0 Å². The Balaban J connectivity index is 2.23. The van der Waals surface area contributed by atoms with Crippen LogP contribution in [0.25, 0.3) is 0 Å². The normalized spacial score (nSPS) is 10.2. The van der Waals surface area contributed by atoms with Crippen LogP contribution in [0.5, 0.6) is 5.75 Å². The molecule has 0 saturated carbocycles. The molecule has 2 aromatic carbocycles. The second-order valence-electron chi connectivity index (χ2n) is 4.55. The Morgan fingerprint density at radius 2 is 1.89 bits per heavy atom. The monoisotopic (exact) mass is 256 g/mol. The van der Waals surface area contributed by atoms with Gasteiger partial charge in [0.1, 0.15) is 5.75 Å². The van der Waals surface area contributed by atoms with Gasteiger partial charge in [0.05, 0.1) is 5.56 Å². The zero-order valence-electron chi connectivity index (χ0n) is 10.9. The zero-order chi connectivity index (χ0) is 14.0. The zero-order valence-corrected chi connectivity index (χ0v) is 10.9. The summed E-state index contributed by atoms with van der Waals surface area (Å²) in [4.78, 5) is 12.0. The van der Waals surface area contributed by atoms with Gasteiger partial charge in [0.2, 0.25) is 0 Å². The third-order valence-electron chi connectivity index (χ3n) is 2.93. The van der Waals surface area contributed by atoms with Gasteiger partial charge in [-0.05, 0) is 49.2 Å². The fourth-order valence-electron chi connectivity index (χ4n) is 1.75. The van der Waals surface area contributed by atoms with Gasteiger partial charge in [-0.15, -0.1) is 0 Å². The molecule has 4 N–H and O–H groups in total. The molecule has 98 valence electrons. The van der Waals surface area contributed by atoms with E-state index in [4.69, 9.17) is 5.73 Å². The Bertz CT molecular complexity index is 636. The highest BCUT2D eigenvalue weighted by molar-refractivity contribution is 6.06. The number of nitrogens with one attached hydrogen (secondary N) is 1. The lowest BCUT2D eigenvalue weighted by Crippen LogP contribution is -2.12. The number of anilines is 2. The molecule has 0 saturated heterocycles. The van der Waals surface area contributed by atoms with Crippen molar-refractivity contribution in [2.45, 2.75) is 13.8 Å². The van der Waals surface area contributed by atoms with Crippen molar-refractivity contribution in [1.82, 2.24) is 0 Å². The maximum absolute atomic E-state index is 12.0. The Hall–Kier alpha value is -2.49. The van der Waals surface area contributed by atoms with E-state index in [1.165, 1.54) is 0 Å². The first kappa shape index (κ1) is 13.0. The molecule has 4 nitrogen and oxygen atoms in total.